The molecule has 14 heavy (non-hydrogen) atoms. The maximum Gasteiger partial charge on any atom is 0.471 e. The fourth-order valence-electron chi connectivity index (χ4n) is 0.226. The molecule has 0 fully saturated rings. The Labute approximate surface area is 82.8 Å². The molecule has 0 atom stereocenters. The predicted molar refractivity (Wildman–Crippen MR) is 50.9 cm³/mol. The molecule has 0 aromatic heterocycles. The molecule has 0 aliphatic heterocycles. The van der Waals surface area contributed by atoms with Gasteiger partial charge in [0.05, 0.1) is 0 Å². The molecule has 0 radical (unpaired) electrons. The van der Waals surface area contributed by atoms with E-state index in [1.165, 1.54) is 0 Å². The lowest BCUT2D eigenvalue weighted by Crippen LogP contribution is -1.95. The normalized spacial score (nSPS) is 10.0. The van der Waals surface area contributed by atoms with Crippen molar-refractivity contribution in [2.24, 2.45) is 0 Å². The molecule has 0 rings (SSSR count). The minimum atomic E-state index is -3.65. The van der Waals surface area contributed by atoms with Crippen molar-refractivity contribution < 1.29 is 28.4 Å². The third-order valence-electron chi connectivity index (χ3n) is 1.19. The lowest BCUT2D eigenvalue weighted by atomic mass is 10.2. The van der Waals surface area contributed by atoms with E-state index in [-0.39, 0.29) is 5.57 Å². The van der Waals surface area contributed by atoms with Crippen LogP contribution in [0.3, 0.4) is 0 Å². The van der Waals surface area contributed by atoms with Gasteiger partial charge in [-0.3, -0.25) is 9.05 Å². The Morgan fingerprint density at radius 1 is 1.43 bits per heavy atom. The molecule has 0 saturated carbocycles. The van der Waals surface area contributed by atoms with Gasteiger partial charge in [-0.1, -0.05) is 13.5 Å². The Kier molecular flexibility index (Phi) is 8.68. The smallest absolute Gasteiger partial charge is 0.471 e. The molecule has 0 unspecified atom stereocenters. The molecule has 6 nitrogen and oxygen atoms in total. The van der Waals surface area contributed by atoms with Crippen LogP contribution < -0.4 is 0 Å². The van der Waals surface area contributed by atoms with Crippen molar-refractivity contribution in [2.45, 2.75) is 13.3 Å². The number of phosphoric acid groups is 1. The molecular formula is C7H15O6P. The highest BCUT2D eigenvalue weighted by atomic mass is 31.2. The van der Waals surface area contributed by atoms with Crippen LogP contribution in [-0.4, -0.2) is 30.2 Å². The van der Waals surface area contributed by atoms with Crippen LogP contribution >= 0.6 is 7.82 Å². The summed E-state index contributed by atoms with van der Waals surface area (Å²) in [7, 11) is -1.45. The second kappa shape index (κ2) is 7.70. The van der Waals surface area contributed by atoms with Gasteiger partial charge in [-0.2, -0.15) is 0 Å². The van der Waals surface area contributed by atoms with E-state index < -0.39 is 13.8 Å². The Balaban J connectivity index is 0. The highest BCUT2D eigenvalue weighted by molar-refractivity contribution is 7.47. The molecule has 0 aromatic rings. The monoisotopic (exact) mass is 226 g/mol. The molecule has 84 valence electrons. The minimum absolute atomic E-state index is 0.264. The molecule has 0 aliphatic rings. The largest absolute Gasteiger partial charge is 0.478 e. The summed E-state index contributed by atoms with van der Waals surface area (Å²) in [6.45, 7) is 5.03. The van der Waals surface area contributed by atoms with Gasteiger partial charge in [0.25, 0.3) is 0 Å². The Morgan fingerprint density at radius 2 is 1.79 bits per heavy atom. The van der Waals surface area contributed by atoms with Gasteiger partial charge in [0.2, 0.25) is 0 Å². The summed E-state index contributed by atoms with van der Waals surface area (Å²) in [5, 5.41) is 8.08. The number of aliphatic carboxylic acids is 1. The summed E-state index contributed by atoms with van der Waals surface area (Å²) in [4.78, 5) is 18.1. The first kappa shape index (κ1) is 15.8. The lowest BCUT2D eigenvalue weighted by molar-refractivity contribution is -0.132. The number of hydrogen-bond acceptors (Lipinski definition) is 4. The summed E-state index contributed by atoms with van der Waals surface area (Å²) in [5.41, 5.74) is 0.264. The van der Waals surface area contributed by atoms with Gasteiger partial charge in [-0.05, 0) is 6.42 Å². The SMILES string of the molecule is C=C(CC)C(=O)O.COP(=O)(O)OC. The van der Waals surface area contributed by atoms with E-state index in [0.29, 0.717) is 6.42 Å². The average molecular weight is 226 g/mol. The quantitative estimate of drug-likeness (QED) is 0.556. The Bertz CT molecular complexity index is 228. The highest BCUT2D eigenvalue weighted by Crippen LogP contribution is 2.40. The number of rotatable bonds is 4. The van der Waals surface area contributed by atoms with Crippen molar-refractivity contribution in [3.63, 3.8) is 0 Å². The van der Waals surface area contributed by atoms with Gasteiger partial charge in [0.1, 0.15) is 0 Å². The number of phosphoric ester groups is 1. The van der Waals surface area contributed by atoms with Crippen molar-refractivity contribution in [1.29, 1.82) is 0 Å². The molecule has 7 heteroatoms. The molecular weight excluding hydrogens is 211 g/mol. The van der Waals surface area contributed by atoms with Crippen molar-refractivity contribution in [3.8, 4) is 0 Å². The molecule has 0 amide bonds. The number of carboxylic acids is 1. The Hall–Kier alpha value is -0.680. The fraction of sp³-hybridized carbons (Fsp3) is 0.571. The van der Waals surface area contributed by atoms with Crippen LogP contribution in [0.2, 0.25) is 0 Å². The summed E-state index contributed by atoms with van der Waals surface area (Å²) in [5.74, 6) is -0.900. The summed E-state index contributed by atoms with van der Waals surface area (Å²) in [6.07, 6.45) is 0.523. The molecule has 0 aliphatic carbocycles. The zero-order valence-corrected chi connectivity index (χ0v) is 9.28. The van der Waals surface area contributed by atoms with Crippen molar-refractivity contribution in [2.75, 3.05) is 14.2 Å². The van der Waals surface area contributed by atoms with Crippen LogP contribution in [-0.2, 0) is 18.4 Å². The van der Waals surface area contributed by atoms with Gasteiger partial charge in [0, 0.05) is 19.8 Å². The second-order valence-electron chi connectivity index (χ2n) is 2.10. The molecule has 0 aromatic carbocycles. The second-order valence-corrected chi connectivity index (χ2v) is 3.76. The van der Waals surface area contributed by atoms with Gasteiger partial charge >= 0.3 is 13.8 Å². The molecule has 0 bridgehead atoms. The van der Waals surface area contributed by atoms with Crippen LogP contribution in [0.1, 0.15) is 13.3 Å². The molecule has 2 N–H and O–H groups in total. The standard InChI is InChI=1S/C5H8O2.C2H7O4P/c1-3-4(2)5(6)7;1-5-7(3,4)6-2/h2-3H2,1H3,(H,6,7);1-2H3,(H,3,4). The van der Waals surface area contributed by atoms with Crippen molar-refractivity contribution in [3.05, 3.63) is 12.2 Å². The first-order valence-corrected chi connectivity index (χ1v) is 5.15. The zero-order chi connectivity index (χ0) is 11.8. The van der Waals surface area contributed by atoms with E-state index in [2.05, 4.69) is 15.6 Å². The van der Waals surface area contributed by atoms with E-state index in [9.17, 15) is 9.36 Å². The first-order chi connectivity index (χ1) is 6.30. The number of carboxylic acid groups (broad SMARTS) is 1. The van der Waals surface area contributed by atoms with Gasteiger partial charge < -0.3 is 10.00 Å². The van der Waals surface area contributed by atoms with Crippen LogP contribution in [0.5, 0.6) is 0 Å². The van der Waals surface area contributed by atoms with Crippen LogP contribution in [0.15, 0.2) is 12.2 Å². The van der Waals surface area contributed by atoms with Crippen LogP contribution in [0.25, 0.3) is 0 Å². The molecule has 0 heterocycles. The van der Waals surface area contributed by atoms with Gasteiger partial charge in [-0.15, -0.1) is 0 Å². The number of carbonyl (C=O) groups is 1. The summed E-state index contributed by atoms with van der Waals surface area (Å²) >= 11 is 0. The van der Waals surface area contributed by atoms with Crippen molar-refractivity contribution in [1.82, 2.24) is 0 Å². The lowest BCUT2D eigenvalue weighted by Gasteiger charge is -2.01. The maximum absolute atomic E-state index is 10.1. The van der Waals surface area contributed by atoms with Gasteiger partial charge in [-0.25, -0.2) is 9.36 Å². The van der Waals surface area contributed by atoms with Crippen LogP contribution in [0.4, 0.5) is 0 Å². The van der Waals surface area contributed by atoms with Crippen molar-refractivity contribution >= 4 is 13.8 Å². The molecule has 0 saturated heterocycles. The third kappa shape index (κ3) is 9.41. The van der Waals surface area contributed by atoms with Gasteiger partial charge in [0.15, 0.2) is 0 Å². The van der Waals surface area contributed by atoms with Crippen LogP contribution in [0, 0.1) is 0 Å². The van der Waals surface area contributed by atoms with E-state index in [0.717, 1.165) is 14.2 Å². The zero-order valence-electron chi connectivity index (χ0n) is 8.39. The maximum atomic E-state index is 10.1. The number of hydrogen-bond donors (Lipinski definition) is 2. The first-order valence-electron chi connectivity index (χ1n) is 3.66. The van der Waals surface area contributed by atoms with E-state index >= 15 is 0 Å². The van der Waals surface area contributed by atoms with E-state index in [4.69, 9.17) is 10.00 Å². The topological polar surface area (TPSA) is 93.1 Å². The summed E-state index contributed by atoms with van der Waals surface area (Å²) in [6, 6.07) is 0. The van der Waals surface area contributed by atoms with E-state index in [1.807, 2.05) is 0 Å². The Morgan fingerprint density at radius 3 is 1.79 bits per heavy atom. The minimum Gasteiger partial charge on any atom is -0.478 e. The summed E-state index contributed by atoms with van der Waals surface area (Å²) < 4.78 is 18.0. The fourth-order valence-corrected chi connectivity index (χ4v) is 0.375. The highest BCUT2D eigenvalue weighted by Gasteiger charge is 2.13. The third-order valence-corrected chi connectivity index (χ3v) is 2.11. The van der Waals surface area contributed by atoms with E-state index in [1.54, 1.807) is 6.92 Å². The predicted octanol–water partition coefficient (Wildman–Crippen LogP) is 1.42. The molecule has 0 spiro atoms. The average Bonchev–Trinajstić information content (AvgIpc) is 2.17.